The predicted molar refractivity (Wildman–Crippen MR) is 96.8 cm³/mol. The molecule has 2 heteroatoms. The van der Waals surface area contributed by atoms with Crippen LogP contribution in [0, 0.1) is 6.07 Å². The van der Waals surface area contributed by atoms with Gasteiger partial charge in [-0.05, 0) is 10.3 Å². The molecule has 0 aliphatic rings. The van der Waals surface area contributed by atoms with E-state index in [1.165, 1.54) is 16.4 Å². The fraction of sp³-hybridized carbons (Fsp3) is 0.400. The van der Waals surface area contributed by atoms with Crippen LogP contribution in [0.5, 0.6) is 0 Å². The Kier molecular flexibility index (Phi) is 6.59. The second-order valence-corrected chi connectivity index (χ2v) is 11.3. The number of rotatable bonds is 2. The van der Waals surface area contributed by atoms with Gasteiger partial charge in [-0.1, -0.05) is 84.6 Å². The molecule has 0 unspecified atom stereocenters. The topological polar surface area (TPSA) is 0 Å². The van der Waals surface area contributed by atoms with Gasteiger partial charge in [0.05, 0.1) is 0 Å². The van der Waals surface area contributed by atoms with Crippen molar-refractivity contribution in [2.75, 3.05) is 0 Å². The molecule has 0 saturated heterocycles. The molecule has 0 nitrogen and oxygen atoms in total. The summed E-state index contributed by atoms with van der Waals surface area (Å²) in [4.78, 5) is 0. The van der Waals surface area contributed by atoms with Crippen LogP contribution in [-0.4, -0.2) is 10.3 Å². The summed E-state index contributed by atoms with van der Waals surface area (Å²) in [5, 5.41) is 2.05. The first-order chi connectivity index (χ1) is 9.71. The van der Waals surface area contributed by atoms with Gasteiger partial charge in [-0.15, -0.1) is 35.9 Å². The number of hydrogen-bond acceptors (Lipinski definition) is 0. The molecule has 0 aliphatic heterocycles. The van der Waals surface area contributed by atoms with E-state index in [9.17, 15) is 0 Å². The predicted octanol–water partition coefficient (Wildman–Crippen LogP) is 5.86. The van der Waals surface area contributed by atoms with Crippen molar-refractivity contribution in [2.45, 2.75) is 51.9 Å². The van der Waals surface area contributed by atoms with Gasteiger partial charge in [-0.2, -0.15) is 0 Å². The van der Waals surface area contributed by atoms with Crippen molar-refractivity contribution in [3.05, 3.63) is 54.6 Å². The molecule has 0 amide bonds. The molecule has 2 aromatic carbocycles. The van der Waals surface area contributed by atoms with Crippen molar-refractivity contribution in [1.29, 1.82) is 0 Å². The van der Waals surface area contributed by atoms with Crippen LogP contribution in [0.4, 0.5) is 0 Å². The van der Waals surface area contributed by atoms with Gasteiger partial charge in [0, 0.05) is 20.4 Å². The molecule has 2 aromatic rings. The SMILES string of the molecule is CC(C)(C)P(c1ccccc1-c1[c-]cccc1)C(C)(C)C.[Pd]. The Labute approximate surface area is 151 Å². The van der Waals surface area contributed by atoms with Crippen LogP contribution in [0.1, 0.15) is 41.5 Å². The van der Waals surface area contributed by atoms with Crippen molar-refractivity contribution in [3.8, 4) is 11.1 Å². The maximum atomic E-state index is 3.39. The van der Waals surface area contributed by atoms with Crippen LogP contribution in [0.15, 0.2) is 48.5 Å². The fourth-order valence-electron chi connectivity index (χ4n) is 3.19. The van der Waals surface area contributed by atoms with Gasteiger partial charge < -0.3 is 0 Å². The normalized spacial score (nSPS) is 12.1. The molecule has 0 aliphatic carbocycles. The Balaban J connectivity index is 0.00000242. The Bertz CT molecular complexity index is 577. The molecular formula is C20H26PPd-. The summed E-state index contributed by atoms with van der Waals surface area (Å²) in [5.41, 5.74) is 2.54. The summed E-state index contributed by atoms with van der Waals surface area (Å²) in [7, 11) is -0.302. The average Bonchev–Trinajstić information content (AvgIpc) is 2.37. The van der Waals surface area contributed by atoms with E-state index in [0.29, 0.717) is 0 Å². The smallest absolute Gasteiger partial charge is 0 e. The van der Waals surface area contributed by atoms with Gasteiger partial charge in [0.2, 0.25) is 0 Å². The van der Waals surface area contributed by atoms with Crippen molar-refractivity contribution < 1.29 is 20.4 Å². The quantitative estimate of drug-likeness (QED) is 0.335. The molecule has 2 rings (SSSR count). The van der Waals surface area contributed by atoms with E-state index < -0.39 is 0 Å². The molecule has 0 fully saturated rings. The van der Waals surface area contributed by atoms with Crippen LogP contribution >= 0.6 is 7.92 Å². The van der Waals surface area contributed by atoms with Crippen molar-refractivity contribution in [3.63, 3.8) is 0 Å². The first kappa shape index (κ1) is 19.6. The summed E-state index contributed by atoms with van der Waals surface area (Å²) in [6, 6.07) is 20.6. The van der Waals surface area contributed by atoms with E-state index in [0.717, 1.165) is 0 Å². The summed E-state index contributed by atoms with van der Waals surface area (Å²) in [6.45, 7) is 14.2. The van der Waals surface area contributed by atoms with Gasteiger partial charge in [0.1, 0.15) is 0 Å². The second-order valence-electron chi connectivity index (χ2n) is 7.47. The van der Waals surface area contributed by atoms with Crippen LogP contribution < -0.4 is 5.30 Å². The molecule has 22 heavy (non-hydrogen) atoms. The molecular weight excluding hydrogens is 378 g/mol. The van der Waals surface area contributed by atoms with Crippen molar-refractivity contribution in [2.24, 2.45) is 0 Å². The largest absolute Gasteiger partial charge is 0.147 e. The molecule has 0 saturated carbocycles. The molecule has 0 heterocycles. The molecule has 122 valence electrons. The minimum absolute atomic E-state index is 0. The number of benzene rings is 2. The third-order valence-electron chi connectivity index (χ3n) is 3.49. The summed E-state index contributed by atoms with van der Waals surface area (Å²) >= 11 is 0. The minimum atomic E-state index is -0.302. The first-order valence-corrected chi connectivity index (χ1v) is 8.92. The molecule has 0 radical (unpaired) electrons. The summed E-state index contributed by atoms with van der Waals surface area (Å²) in [5.74, 6) is 0. The van der Waals surface area contributed by atoms with Gasteiger partial charge >= 0.3 is 0 Å². The maximum absolute atomic E-state index is 3.39. The van der Waals surface area contributed by atoms with Gasteiger partial charge in [-0.25, -0.2) is 0 Å². The van der Waals surface area contributed by atoms with Crippen molar-refractivity contribution in [1.82, 2.24) is 0 Å². The standard InChI is InChI=1S/C20H26P.Pd/c1-19(2,3)21(20(4,5)6)18-15-11-10-14-17(18)16-12-8-7-9-13-16;/h7-12,14-15H,1-6H3;/q-1;. The van der Waals surface area contributed by atoms with Crippen LogP contribution in [0.2, 0.25) is 0 Å². The van der Waals surface area contributed by atoms with Crippen LogP contribution in [0.3, 0.4) is 0 Å². The zero-order valence-electron chi connectivity index (χ0n) is 14.4. The zero-order valence-corrected chi connectivity index (χ0v) is 16.8. The Morgan fingerprint density at radius 3 is 1.82 bits per heavy atom. The molecule has 0 atom stereocenters. The molecule has 0 N–H and O–H groups in total. The average molecular weight is 404 g/mol. The van der Waals surface area contributed by atoms with Gasteiger partial charge in [0.25, 0.3) is 0 Å². The Hall–Kier alpha value is -0.468. The minimum Gasteiger partial charge on any atom is -0.147 e. The molecule has 0 bridgehead atoms. The Morgan fingerprint density at radius 1 is 0.773 bits per heavy atom. The van der Waals surface area contributed by atoms with Crippen molar-refractivity contribution >= 4 is 13.2 Å². The monoisotopic (exact) mass is 403 g/mol. The van der Waals surface area contributed by atoms with E-state index in [4.69, 9.17) is 0 Å². The van der Waals surface area contributed by atoms with E-state index >= 15 is 0 Å². The van der Waals surface area contributed by atoms with Crippen LogP contribution in [0.25, 0.3) is 11.1 Å². The number of hydrogen-bond donors (Lipinski definition) is 0. The summed E-state index contributed by atoms with van der Waals surface area (Å²) in [6.07, 6.45) is 0. The Morgan fingerprint density at radius 2 is 1.32 bits per heavy atom. The summed E-state index contributed by atoms with van der Waals surface area (Å²) < 4.78 is 0. The van der Waals surface area contributed by atoms with E-state index in [2.05, 4.69) is 84.0 Å². The van der Waals surface area contributed by atoms with E-state index in [1.54, 1.807) is 0 Å². The second kappa shape index (κ2) is 7.40. The van der Waals surface area contributed by atoms with Gasteiger partial charge in [0.15, 0.2) is 0 Å². The molecule has 0 aromatic heterocycles. The van der Waals surface area contributed by atoms with Crippen LogP contribution in [-0.2, 0) is 20.4 Å². The maximum Gasteiger partial charge on any atom is 0 e. The van der Waals surface area contributed by atoms with E-state index in [1.807, 2.05) is 12.1 Å². The first-order valence-electron chi connectivity index (χ1n) is 7.58. The zero-order chi connectivity index (χ0) is 15.7. The third-order valence-corrected chi connectivity index (χ3v) is 7.04. The molecule has 0 spiro atoms. The van der Waals surface area contributed by atoms with Gasteiger partial charge in [-0.3, -0.25) is 0 Å². The van der Waals surface area contributed by atoms with E-state index in [-0.39, 0.29) is 38.7 Å². The third kappa shape index (κ3) is 4.52. The fourth-order valence-corrected chi connectivity index (χ4v) is 7.32.